The van der Waals surface area contributed by atoms with Crippen molar-refractivity contribution in [3.8, 4) is 11.5 Å². The Balaban J connectivity index is 2.00. The molecule has 1 heterocycles. The third kappa shape index (κ3) is 2.38. The molecule has 0 saturated carbocycles. The van der Waals surface area contributed by atoms with E-state index in [4.69, 9.17) is 25.8 Å². The second-order valence-electron chi connectivity index (χ2n) is 6.44. The monoisotopic (exact) mass is 372 g/mol. The van der Waals surface area contributed by atoms with E-state index in [9.17, 15) is 9.59 Å². The fourth-order valence-corrected chi connectivity index (χ4v) is 4.37. The lowest BCUT2D eigenvalue weighted by atomic mass is 9.65. The molecule has 0 N–H and O–H groups in total. The molecular weight excluding hydrogens is 356 g/mol. The Hall–Kier alpha value is -2.53. The van der Waals surface area contributed by atoms with E-state index in [1.54, 1.807) is 12.1 Å². The van der Waals surface area contributed by atoms with Gasteiger partial charge in [0.25, 0.3) is 0 Å². The minimum atomic E-state index is -0.706. The number of halogens is 1. The lowest BCUT2D eigenvalue weighted by Crippen LogP contribution is -2.42. The average molecular weight is 373 g/mol. The Morgan fingerprint density at radius 2 is 1.77 bits per heavy atom. The molecule has 0 bridgehead atoms. The number of carbonyl (C=O) groups is 2. The van der Waals surface area contributed by atoms with Crippen LogP contribution in [0.5, 0.6) is 11.5 Å². The molecule has 0 radical (unpaired) electrons. The van der Waals surface area contributed by atoms with Crippen LogP contribution < -0.4 is 4.74 Å². The zero-order chi connectivity index (χ0) is 18.4. The van der Waals surface area contributed by atoms with Crippen molar-refractivity contribution in [1.82, 2.24) is 0 Å². The highest BCUT2D eigenvalue weighted by molar-refractivity contribution is 6.31. The minimum Gasteiger partial charge on any atom is -0.469 e. The predicted molar refractivity (Wildman–Crippen MR) is 94.5 cm³/mol. The van der Waals surface area contributed by atoms with Crippen molar-refractivity contribution in [2.45, 2.75) is 12.3 Å². The summed E-state index contributed by atoms with van der Waals surface area (Å²) in [5.41, 5.74) is 2.51. The van der Waals surface area contributed by atoms with Crippen molar-refractivity contribution < 1.29 is 23.8 Å². The fraction of sp³-hybridized carbons (Fsp3) is 0.300. The standard InChI is InChI=1S/C20H17ClO5/c1-24-19(22)12-9-11-13(21)7-8-15-16(11)17(18(12)20(23)25-2)10-5-3-4-6-14(10)26-15/h3-8,12,17-18H,9H2,1-2H3/t12-,17+,18+/m0/s1. The first-order chi connectivity index (χ1) is 12.6. The molecule has 2 aromatic carbocycles. The Kier molecular flexibility index (Phi) is 4.11. The smallest absolute Gasteiger partial charge is 0.310 e. The molecule has 0 fully saturated rings. The number of para-hydroxylation sites is 1. The highest BCUT2D eigenvalue weighted by Crippen LogP contribution is 2.55. The summed E-state index contributed by atoms with van der Waals surface area (Å²) < 4.78 is 16.1. The molecule has 6 heteroatoms. The number of ether oxygens (including phenoxy) is 3. The molecule has 2 aromatic rings. The maximum absolute atomic E-state index is 12.7. The summed E-state index contributed by atoms with van der Waals surface area (Å²) in [5.74, 6) is -1.33. The van der Waals surface area contributed by atoms with Crippen LogP contribution in [0.2, 0.25) is 5.02 Å². The first-order valence-electron chi connectivity index (χ1n) is 8.30. The zero-order valence-electron chi connectivity index (χ0n) is 14.3. The van der Waals surface area contributed by atoms with Gasteiger partial charge in [0.05, 0.1) is 26.1 Å². The Labute approximate surface area is 155 Å². The Bertz CT molecular complexity index is 907. The molecule has 134 valence electrons. The van der Waals surface area contributed by atoms with Crippen molar-refractivity contribution in [2.24, 2.45) is 11.8 Å². The number of hydrogen-bond donors (Lipinski definition) is 0. The van der Waals surface area contributed by atoms with Crippen LogP contribution in [0.15, 0.2) is 36.4 Å². The van der Waals surface area contributed by atoms with E-state index in [1.165, 1.54) is 14.2 Å². The van der Waals surface area contributed by atoms with Gasteiger partial charge in [0.2, 0.25) is 0 Å². The lowest BCUT2D eigenvalue weighted by molar-refractivity contribution is -0.158. The third-order valence-electron chi connectivity index (χ3n) is 5.24. The van der Waals surface area contributed by atoms with Gasteiger partial charge in [-0.05, 0) is 30.2 Å². The van der Waals surface area contributed by atoms with Gasteiger partial charge in [-0.3, -0.25) is 9.59 Å². The first-order valence-corrected chi connectivity index (χ1v) is 8.68. The van der Waals surface area contributed by atoms with Crippen LogP contribution in [0.1, 0.15) is 22.6 Å². The molecule has 2 aliphatic rings. The summed E-state index contributed by atoms with van der Waals surface area (Å²) in [4.78, 5) is 25.2. The summed E-state index contributed by atoms with van der Waals surface area (Å²) in [5, 5.41) is 0.550. The zero-order valence-corrected chi connectivity index (χ0v) is 15.1. The number of hydrogen-bond acceptors (Lipinski definition) is 5. The van der Waals surface area contributed by atoms with Gasteiger partial charge in [0.1, 0.15) is 11.5 Å². The van der Waals surface area contributed by atoms with Crippen LogP contribution >= 0.6 is 11.6 Å². The number of fused-ring (bicyclic) bond motifs is 2. The van der Waals surface area contributed by atoms with E-state index in [0.29, 0.717) is 22.9 Å². The molecule has 26 heavy (non-hydrogen) atoms. The SMILES string of the molecule is COC(=O)[C@H]1[C@@H]2c3ccccc3Oc3ccc(Cl)c(c32)C[C@@H]1C(=O)OC. The van der Waals surface area contributed by atoms with E-state index in [2.05, 4.69) is 0 Å². The topological polar surface area (TPSA) is 61.8 Å². The second-order valence-corrected chi connectivity index (χ2v) is 6.85. The number of carbonyl (C=O) groups excluding carboxylic acids is 2. The maximum atomic E-state index is 12.7. The highest BCUT2D eigenvalue weighted by Gasteiger charge is 2.50. The molecule has 0 spiro atoms. The first kappa shape index (κ1) is 16.9. The largest absolute Gasteiger partial charge is 0.469 e. The van der Waals surface area contributed by atoms with Crippen LogP contribution in [0.25, 0.3) is 0 Å². The number of esters is 2. The van der Waals surface area contributed by atoms with Crippen molar-refractivity contribution in [1.29, 1.82) is 0 Å². The van der Waals surface area contributed by atoms with Gasteiger partial charge in [0, 0.05) is 22.1 Å². The van der Waals surface area contributed by atoms with Crippen molar-refractivity contribution in [3.63, 3.8) is 0 Å². The quantitative estimate of drug-likeness (QED) is 0.752. The van der Waals surface area contributed by atoms with Crippen molar-refractivity contribution >= 4 is 23.5 Å². The van der Waals surface area contributed by atoms with Gasteiger partial charge in [-0.25, -0.2) is 0 Å². The van der Waals surface area contributed by atoms with Crippen LogP contribution in [0.3, 0.4) is 0 Å². The molecular formula is C20H17ClO5. The van der Waals surface area contributed by atoms with Crippen LogP contribution in [0, 0.1) is 11.8 Å². The van der Waals surface area contributed by atoms with E-state index in [0.717, 1.165) is 16.7 Å². The van der Waals surface area contributed by atoms with Crippen LogP contribution in [-0.2, 0) is 25.5 Å². The molecule has 0 aromatic heterocycles. The lowest BCUT2D eigenvalue weighted by Gasteiger charge is -2.40. The van der Waals surface area contributed by atoms with Crippen molar-refractivity contribution in [2.75, 3.05) is 14.2 Å². The molecule has 0 saturated heterocycles. The van der Waals surface area contributed by atoms with Gasteiger partial charge in [-0.15, -0.1) is 0 Å². The van der Waals surface area contributed by atoms with Gasteiger partial charge < -0.3 is 14.2 Å². The maximum Gasteiger partial charge on any atom is 0.310 e. The van der Waals surface area contributed by atoms with Crippen LogP contribution in [-0.4, -0.2) is 26.2 Å². The van der Waals surface area contributed by atoms with E-state index >= 15 is 0 Å². The fourth-order valence-electron chi connectivity index (χ4n) is 4.13. The number of rotatable bonds is 2. The van der Waals surface area contributed by atoms with Gasteiger partial charge in [0.15, 0.2) is 0 Å². The summed E-state index contributed by atoms with van der Waals surface area (Å²) in [6.07, 6.45) is 0.302. The van der Waals surface area contributed by atoms with Gasteiger partial charge >= 0.3 is 11.9 Å². The summed E-state index contributed by atoms with van der Waals surface area (Å²) in [7, 11) is 2.65. The molecule has 0 unspecified atom stereocenters. The van der Waals surface area contributed by atoms with Crippen LogP contribution in [0.4, 0.5) is 0 Å². The average Bonchev–Trinajstić information content (AvgIpc) is 2.68. The summed E-state index contributed by atoms with van der Waals surface area (Å²) in [6.45, 7) is 0. The molecule has 1 aliphatic heterocycles. The molecule has 3 atom stereocenters. The molecule has 4 rings (SSSR count). The highest BCUT2D eigenvalue weighted by atomic mass is 35.5. The van der Waals surface area contributed by atoms with E-state index in [1.807, 2.05) is 24.3 Å². The van der Waals surface area contributed by atoms with Gasteiger partial charge in [-0.1, -0.05) is 29.8 Å². The van der Waals surface area contributed by atoms with Gasteiger partial charge in [-0.2, -0.15) is 0 Å². The Morgan fingerprint density at radius 3 is 2.50 bits per heavy atom. The predicted octanol–water partition coefficient (Wildman–Crippen LogP) is 3.71. The minimum absolute atomic E-state index is 0.302. The number of benzene rings is 2. The molecule has 1 aliphatic carbocycles. The molecule has 0 amide bonds. The third-order valence-corrected chi connectivity index (χ3v) is 5.59. The number of methoxy groups -OCH3 is 2. The van der Waals surface area contributed by atoms with E-state index < -0.39 is 23.8 Å². The summed E-state index contributed by atoms with van der Waals surface area (Å²) in [6, 6.07) is 11.1. The second kappa shape index (κ2) is 6.32. The summed E-state index contributed by atoms with van der Waals surface area (Å²) >= 11 is 6.44. The molecule has 5 nitrogen and oxygen atoms in total. The normalized spacial score (nSPS) is 22.5. The Morgan fingerprint density at radius 1 is 1.04 bits per heavy atom. The van der Waals surface area contributed by atoms with Crippen molar-refractivity contribution in [3.05, 3.63) is 58.1 Å². The van der Waals surface area contributed by atoms with E-state index in [-0.39, 0.29) is 5.92 Å².